The first-order chi connectivity index (χ1) is 10.4. The first kappa shape index (κ1) is 15.2. The molecule has 0 atom stereocenters. The van der Waals surface area contributed by atoms with Crippen LogP contribution in [0.4, 0.5) is 0 Å². The summed E-state index contributed by atoms with van der Waals surface area (Å²) in [6.45, 7) is 1.41. The Morgan fingerprint density at radius 1 is 0.619 bits per heavy atom. The highest BCUT2D eigenvalue weighted by molar-refractivity contribution is 5.49. The van der Waals surface area contributed by atoms with Gasteiger partial charge in [-0.15, -0.1) is 0 Å². The maximum Gasteiger partial charge on any atom is 0.147 e. The average Bonchev–Trinajstić information content (AvgIpc) is 2.55. The maximum atomic E-state index is 5.36. The molecule has 2 aromatic rings. The van der Waals surface area contributed by atoms with Gasteiger partial charge in [-0.05, 0) is 11.1 Å². The summed E-state index contributed by atoms with van der Waals surface area (Å²) in [5.41, 5.74) is 2.35. The van der Waals surface area contributed by atoms with E-state index in [0.29, 0.717) is 20.0 Å². The molecule has 0 amide bonds. The van der Waals surface area contributed by atoms with Crippen LogP contribution >= 0.6 is 0 Å². The van der Waals surface area contributed by atoms with E-state index in [1.165, 1.54) is 11.1 Å². The SMILES string of the molecule is C(=Cc1ccccc1)COCOCC=Cc1ccccc1. The zero-order valence-corrected chi connectivity index (χ0v) is 12.0. The van der Waals surface area contributed by atoms with Crippen LogP contribution in [0.25, 0.3) is 12.2 Å². The van der Waals surface area contributed by atoms with Crippen molar-refractivity contribution in [2.45, 2.75) is 0 Å². The fourth-order valence-electron chi connectivity index (χ4n) is 1.79. The summed E-state index contributed by atoms with van der Waals surface area (Å²) in [5.74, 6) is 0. The lowest BCUT2D eigenvalue weighted by Crippen LogP contribution is -1.99. The van der Waals surface area contributed by atoms with Crippen molar-refractivity contribution in [1.29, 1.82) is 0 Å². The molecule has 2 rings (SSSR count). The predicted molar refractivity (Wildman–Crippen MR) is 87.7 cm³/mol. The molecule has 0 radical (unpaired) electrons. The zero-order chi connectivity index (χ0) is 14.6. The molecular formula is C19H20O2. The average molecular weight is 280 g/mol. The van der Waals surface area contributed by atoms with Gasteiger partial charge in [0.25, 0.3) is 0 Å². The maximum absolute atomic E-state index is 5.36. The van der Waals surface area contributed by atoms with Gasteiger partial charge in [0.1, 0.15) is 6.79 Å². The molecule has 0 saturated carbocycles. The molecule has 2 nitrogen and oxygen atoms in total. The standard InChI is InChI=1S/C19H20O2/c1-3-9-18(10-4-1)13-7-15-20-17-21-16-8-14-19-11-5-2-6-12-19/h1-14H,15-17H2. The van der Waals surface area contributed by atoms with Crippen LogP contribution in [0.3, 0.4) is 0 Å². The minimum Gasteiger partial charge on any atom is -0.351 e. The van der Waals surface area contributed by atoms with E-state index in [2.05, 4.69) is 24.3 Å². The van der Waals surface area contributed by atoms with Crippen LogP contribution in [0.2, 0.25) is 0 Å². The molecule has 0 aliphatic heterocycles. The van der Waals surface area contributed by atoms with Crippen molar-refractivity contribution in [3.8, 4) is 0 Å². The third-order valence-electron chi connectivity index (χ3n) is 2.81. The molecule has 0 saturated heterocycles. The molecule has 0 fully saturated rings. The molecule has 2 heteroatoms. The highest BCUT2D eigenvalue weighted by atomic mass is 16.7. The van der Waals surface area contributed by atoms with E-state index in [0.717, 1.165) is 0 Å². The number of benzene rings is 2. The van der Waals surface area contributed by atoms with E-state index in [1.807, 2.05) is 60.7 Å². The Bertz CT molecular complexity index is 493. The second-order valence-corrected chi connectivity index (χ2v) is 4.49. The van der Waals surface area contributed by atoms with Crippen LogP contribution in [0.1, 0.15) is 11.1 Å². The Labute approximate surface area is 126 Å². The van der Waals surface area contributed by atoms with Gasteiger partial charge in [0.15, 0.2) is 0 Å². The number of hydrogen-bond donors (Lipinski definition) is 0. The topological polar surface area (TPSA) is 18.5 Å². The quantitative estimate of drug-likeness (QED) is 0.527. The first-order valence-corrected chi connectivity index (χ1v) is 7.04. The van der Waals surface area contributed by atoms with E-state index >= 15 is 0 Å². The molecule has 0 unspecified atom stereocenters. The molecule has 0 aliphatic carbocycles. The van der Waals surface area contributed by atoms with Crippen LogP contribution in [0.5, 0.6) is 0 Å². The van der Waals surface area contributed by atoms with Crippen LogP contribution in [0.15, 0.2) is 72.8 Å². The van der Waals surface area contributed by atoms with Gasteiger partial charge in [-0.1, -0.05) is 85.0 Å². The Morgan fingerprint density at radius 3 is 1.48 bits per heavy atom. The van der Waals surface area contributed by atoms with E-state index in [1.54, 1.807) is 0 Å². The predicted octanol–water partition coefficient (Wildman–Crippen LogP) is 4.40. The van der Waals surface area contributed by atoms with Gasteiger partial charge in [0.05, 0.1) is 13.2 Å². The summed E-state index contributed by atoms with van der Waals surface area (Å²) < 4.78 is 10.7. The van der Waals surface area contributed by atoms with Crippen molar-refractivity contribution >= 4 is 12.2 Å². The summed E-state index contributed by atoms with van der Waals surface area (Å²) in [5, 5.41) is 0. The number of hydrogen-bond acceptors (Lipinski definition) is 2. The molecule has 108 valence electrons. The molecule has 0 N–H and O–H groups in total. The second-order valence-electron chi connectivity index (χ2n) is 4.49. The van der Waals surface area contributed by atoms with Gasteiger partial charge in [-0.25, -0.2) is 0 Å². The van der Waals surface area contributed by atoms with Crippen molar-refractivity contribution in [3.63, 3.8) is 0 Å². The van der Waals surface area contributed by atoms with Crippen molar-refractivity contribution in [2.75, 3.05) is 20.0 Å². The molecule has 0 spiro atoms. The van der Waals surface area contributed by atoms with Gasteiger partial charge >= 0.3 is 0 Å². The van der Waals surface area contributed by atoms with Gasteiger partial charge < -0.3 is 9.47 Å². The summed E-state index contributed by atoms with van der Waals surface area (Å²) in [6, 6.07) is 20.3. The van der Waals surface area contributed by atoms with Crippen LogP contribution in [-0.4, -0.2) is 20.0 Å². The Hall–Kier alpha value is -2.16. The molecule has 0 heterocycles. The largest absolute Gasteiger partial charge is 0.351 e. The molecule has 2 aromatic carbocycles. The molecule has 0 aliphatic rings. The third kappa shape index (κ3) is 6.70. The van der Waals surface area contributed by atoms with Gasteiger partial charge in [0, 0.05) is 0 Å². The van der Waals surface area contributed by atoms with Crippen molar-refractivity contribution in [1.82, 2.24) is 0 Å². The Balaban J connectivity index is 1.52. The Kier molecular flexibility index (Phi) is 7.03. The van der Waals surface area contributed by atoms with E-state index in [4.69, 9.17) is 9.47 Å². The molecule has 0 aromatic heterocycles. The smallest absolute Gasteiger partial charge is 0.147 e. The highest BCUT2D eigenvalue weighted by Gasteiger charge is 1.86. The van der Waals surface area contributed by atoms with E-state index in [9.17, 15) is 0 Å². The molecule has 21 heavy (non-hydrogen) atoms. The van der Waals surface area contributed by atoms with Crippen LogP contribution in [-0.2, 0) is 9.47 Å². The summed E-state index contributed by atoms with van der Waals surface area (Å²) in [6.07, 6.45) is 8.04. The first-order valence-electron chi connectivity index (χ1n) is 7.04. The van der Waals surface area contributed by atoms with Gasteiger partial charge in [0.2, 0.25) is 0 Å². The second kappa shape index (κ2) is 9.70. The lowest BCUT2D eigenvalue weighted by molar-refractivity contribution is -0.0328. The van der Waals surface area contributed by atoms with Gasteiger partial charge in [-0.2, -0.15) is 0 Å². The van der Waals surface area contributed by atoms with Crippen molar-refractivity contribution in [3.05, 3.63) is 83.9 Å². The summed E-state index contributed by atoms with van der Waals surface area (Å²) in [7, 11) is 0. The lowest BCUT2D eigenvalue weighted by atomic mass is 10.2. The minimum atomic E-state index is 0.304. The lowest BCUT2D eigenvalue weighted by Gasteiger charge is -2.00. The number of ether oxygens (including phenoxy) is 2. The fraction of sp³-hybridized carbons (Fsp3) is 0.158. The molecule has 0 bridgehead atoms. The number of rotatable bonds is 8. The van der Waals surface area contributed by atoms with E-state index < -0.39 is 0 Å². The van der Waals surface area contributed by atoms with Gasteiger partial charge in [-0.3, -0.25) is 0 Å². The highest BCUT2D eigenvalue weighted by Crippen LogP contribution is 2.01. The summed E-state index contributed by atoms with van der Waals surface area (Å²) in [4.78, 5) is 0. The minimum absolute atomic E-state index is 0.304. The fourth-order valence-corrected chi connectivity index (χ4v) is 1.79. The Morgan fingerprint density at radius 2 is 1.05 bits per heavy atom. The third-order valence-corrected chi connectivity index (χ3v) is 2.81. The zero-order valence-electron chi connectivity index (χ0n) is 12.0. The van der Waals surface area contributed by atoms with Crippen molar-refractivity contribution in [2.24, 2.45) is 0 Å². The van der Waals surface area contributed by atoms with E-state index in [-0.39, 0.29) is 0 Å². The van der Waals surface area contributed by atoms with Crippen LogP contribution in [0, 0.1) is 0 Å². The monoisotopic (exact) mass is 280 g/mol. The normalized spacial score (nSPS) is 11.4. The van der Waals surface area contributed by atoms with Crippen LogP contribution < -0.4 is 0 Å². The molecular weight excluding hydrogens is 260 g/mol. The summed E-state index contributed by atoms with van der Waals surface area (Å²) >= 11 is 0. The van der Waals surface area contributed by atoms with Crippen molar-refractivity contribution < 1.29 is 9.47 Å².